The van der Waals surface area contributed by atoms with Gasteiger partial charge in [-0.25, -0.2) is 9.97 Å². The first-order valence-electron chi connectivity index (χ1n) is 8.36. The summed E-state index contributed by atoms with van der Waals surface area (Å²) >= 11 is 0. The van der Waals surface area contributed by atoms with Gasteiger partial charge in [0.25, 0.3) is 0 Å². The highest BCUT2D eigenvalue weighted by atomic mass is 15.2. The van der Waals surface area contributed by atoms with E-state index in [1.54, 1.807) is 0 Å². The Morgan fingerprint density at radius 2 is 1.74 bits per heavy atom. The van der Waals surface area contributed by atoms with E-state index >= 15 is 0 Å². The SMILES string of the molecule is Cc1nc(NCC(C)C)cc(N(Cc2ccccc2)C(C)C)n1. The zero-order valence-corrected chi connectivity index (χ0v) is 14.9. The van der Waals surface area contributed by atoms with Crippen LogP contribution in [0.25, 0.3) is 0 Å². The van der Waals surface area contributed by atoms with Crippen LogP contribution in [0.5, 0.6) is 0 Å². The van der Waals surface area contributed by atoms with Crippen molar-refractivity contribution in [1.82, 2.24) is 9.97 Å². The second kappa shape index (κ2) is 7.95. The fraction of sp³-hybridized carbons (Fsp3) is 0.474. The van der Waals surface area contributed by atoms with E-state index in [1.165, 1.54) is 5.56 Å². The molecule has 0 saturated carbocycles. The van der Waals surface area contributed by atoms with Crippen LogP contribution < -0.4 is 10.2 Å². The van der Waals surface area contributed by atoms with E-state index in [2.05, 4.69) is 78.2 Å². The van der Waals surface area contributed by atoms with Crippen LogP contribution >= 0.6 is 0 Å². The van der Waals surface area contributed by atoms with Crippen LogP contribution in [-0.4, -0.2) is 22.6 Å². The summed E-state index contributed by atoms with van der Waals surface area (Å²) in [6, 6.07) is 12.9. The Hall–Kier alpha value is -2.10. The van der Waals surface area contributed by atoms with Crippen molar-refractivity contribution in [3.8, 4) is 0 Å². The standard InChI is InChI=1S/C19H28N4/c1-14(2)12-20-18-11-19(22-16(5)21-18)23(15(3)4)13-17-9-7-6-8-10-17/h6-11,14-15H,12-13H2,1-5H3,(H,20,21,22). The Bertz CT molecular complexity index is 608. The number of nitrogens with one attached hydrogen (secondary N) is 1. The Labute approximate surface area is 140 Å². The molecule has 1 aromatic carbocycles. The highest BCUT2D eigenvalue weighted by Crippen LogP contribution is 2.21. The number of nitrogens with zero attached hydrogens (tertiary/aromatic N) is 3. The maximum Gasteiger partial charge on any atom is 0.134 e. The minimum absolute atomic E-state index is 0.363. The third kappa shape index (κ3) is 5.23. The van der Waals surface area contributed by atoms with Gasteiger partial charge in [-0.1, -0.05) is 44.2 Å². The molecule has 0 bridgehead atoms. The van der Waals surface area contributed by atoms with E-state index in [9.17, 15) is 0 Å². The van der Waals surface area contributed by atoms with Crippen LogP contribution in [0, 0.1) is 12.8 Å². The lowest BCUT2D eigenvalue weighted by Crippen LogP contribution is -2.31. The van der Waals surface area contributed by atoms with Crippen molar-refractivity contribution in [2.45, 2.75) is 47.2 Å². The second-order valence-electron chi connectivity index (χ2n) is 6.64. The lowest BCUT2D eigenvalue weighted by atomic mass is 10.2. The van der Waals surface area contributed by atoms with Crippen molar-refractivity contribution in [1.29, 1.82) is 0 Å². The lowest BCUT2D eigenvalue weighted by Gasteiger charge is -2.28. The molecule has 4 nitrogen and oxygen atoms in total. The number of hydrogen-bond acceptors (Lipinski definition) is 4. The molecule has 0 spiro atoms. The molecule has 23 heavy (non-hydrogen) atoms. The molecular formula is C19H28N4. The van der Waals surface area contributed by atoms with Crippen LogP contribution in [0.4, 0.5) is 11.6 Å². The van der Waals surface area contributed by atoms with Crippen LogP contribution in [0.3, 0.4) is 0 Å². The number of rotatable bonds is 7. The summed E-state index contributed by atoms with van der Waals surface area (Å²) in [4.78, 5) is 11.5. The number of aromatic nitrogens is 2. The molecule has 1 aromatic heterocycles. The molecule has 1 heterocycles. The molecule has 2 rings (SSSR count). The van der Waals surface area contributed by atoms with E-state index < -0.39 is 0 Å². The van der Waals surface area contributed by atoms with Gasteiger partial charge in [0.05, 0.1) is 0 Å². The zero-order chi connectivity index (χ0) is 16.8. The van der Waals surface area contributed by atoms with Crippen LogP contribution in [0.15, 0.2) is 36.4 Å². The second-order valence-corrected chi connectivity index (χ2v) is 6.64. The summed E-state index contributed by atoms with van der Waals surface area (Å²) in [5, 5.41) is 3.41. The molecule has 4 heteroatoms. The molecule has 124 valence electrons. The zero-order valence-electron chi connectivity index (χ0n) is 14.9. The van der Waals surface area contributed by atoms with Gasteiger partial charge in [0, 0.05) is 25.2 Å². The first-order valence-corrected chi connectivity index (χ1v) is 8.36. The molecule has 0 aliphatic rings. The molecule has 0 amide bonds. The van der Waals surface area contributed by atoms with Crippen molar-refractivity contribution in [2.75, 3.05) is 16.8 Å². The fourth-order valence-electron chi connectivity index (χ4n) is 2.41. The largest absolute Gasteiger partial charge is 0.370 e. The summed E-state index contributed by atoms with van der Waals surface area (Å²) in [6.07, 6.45) is 0. The third-order valence-corrected chi connectivity index (χ3v) is 3.63. The number of benzene rings is 1. The van der Waals surface area contributed by atoms with E-state index in [1.807, 2.05) is 13.0 Å². The topological polar surface area (TPSA) is 41.1 Å². The molecule has 0 aliphatic heterocycles. The maximum atomic E-state index is 4.65. The van der Waals surface area contributed by atoms with Gasteiger partial charge in [0.2, 0.25) is 0 Å². The molecule has 0 fully saturated rings. The molecular weight excluding hydrogens is 284 g/mol. The Morgan fingerprint density at radius 3 is 2.35 bits per heavy atom. The number of hydrogen-bond donors (Lipinski definition) is 1. The predicted molar refractivity (Wildman–Crippen MR) is 97.9 cm³/mol. The van der Waals surface area contributed by atoms with Crippen LogP contribution in [0.2, 0.25) is 0 Å². The molecule has 0 radical (unpaired) electrons. The lowest BCUT2D eigenvalue weighted by molar-refractivity contribution is 0.667. The van der Waals surface area contributed by atoms with Gasteiger partial charge in [0.1, 0.15) is 17.5 Å². The van der Waals surface area contributed by atoms with E-state index in [0.29, 0.717) is 12.0 Å². The van der Waals surface area contributed by atoms with Gasteiger partial charge in [-0.3, -0.25) is 0 Å². The van der Waals surface area contributed by atoms with Crippen LogP contribution in [-0.2, 0) is 6.54 Å². The predicted octanol–water partition coefficient (Wildman–Crippen LogP) is 4.27. The average Bonchev–Trinajstić information content (AvgIpc) is 2.51. The Morgan fingerprint density at radius 1 is 1.04 bits per heavy atom. The van der Waals surface area contributed by atoms with Gasteiger partial charge in [-0.2, -0.15) is 0 Å². The van der Waals surface area contributed by atoms with Gasteiger partial charge < -0.3 is 10.2 Å². The van der Waals surface area contributed by atoms with Gasteiger partial charge in [-0.15, -0.1) is 0 Å². The molecule has 0 saturated heterocycles. The third-order valence-electron chi connectivity index (χ3n) is 3.63. The van der Waals surface area contributed by atoms with Crippen molar-refractivity contribution in [2.24, 2.45) is 5.92 Å². The molecule has 0 unspecified atom stereocenters. The van der Waals surface area contributed by atoms with Crippen molar-refractivity contribution >= 4 is 11.6 Å². The van der Waals surface area contributed by atoms with Crippen molar-refractivity contribution in [3.05, 3.63) is 47.8 Å². The smallest absolute Gasteiger partial charge is 0.134 e. The van der Waals surface area contributed by atoms with Crippen LogP contribution in [0.1, 0.15) is 39.1 Å². The monoisotopic (exact) mass is 312 g/mol. The van der Waals surface area contributed by atoms with Crippen molar-refractivity contribution < 1.29 is 0 Å². The number of anilines is 2. The molecule has 0 aliphatic carbocycles. The van der Waals surface area contributed by atoms with Gasteiger partial charge in [-0.05, 0) is 32.3 Å². The van der Waals surface area contributed by atoms with Gasteiger partial charge >= 0.3 is 0 Å². The number of aryl methyl sites for hydroxylation is 1. The Balaban J connectivity index is 2.24. The Kier molecular flexibility index (Phi) is 5.97. The maximum absolute atomic E-state index is 4.65. The summed E-state index contributed by atoms with van der Waals surface area (Å²) in [6.45, 7) is 12.5. The van der Waals surface area contributed by atoms with E-state index in [4.69, 9.17) is 0 Å². The normalized spacial score (nSPS) is 11.1. The minimum atomic E-state index is 0.363. The minimum Gasteiger partial charge on any atom is -0.370 e. The quantitative estimate of drug-likeness (QED) is 0.829. The molecule has 1 N–H and O–H groups in total. The summed E-state index contributed by atoms with van der Waals surface area (Å²) in [7, 11) is 0. The molecule has 0 atom stereocenters. The first-order chi connectivity index (χ1) is 11.0. The van der Waals surface area contributed by atoms with Crippen molar-refractivity contribution in [3.63, 3.8) is 0 Å². The van der Waals surface area contributed by atoms with E-state index in [0.717, 1.165) is 30.5 Å². The summed E-state index contributed by atoms with van der Waals surface area (Å²) in [5.74, 6) is 3.26. The summed E-state index contributed by atoms with van der Waals surface area (Å²) < 4.78 is 0. The van der Waals surface area contributed by atoms with E-state index in [-0.39, 0.29) is 0 Å². The fourth-order valence-corrected chi connectivity index (χ4v) is 2.41. The first kappa shape index (κ1) is 17.3. The highest BCUT2D eigenvalue weighted by molar-refractivity contribution is 5.50. The average molecular weight is 312 g/mol. The molecule has 2 aromatic rings. The summed E-state index contributed by atoms with van der Waals surface area (Å²) in [5.41, 5.74) is 1.29. The van der Waals surface area contributed by atoms with Gasteiger partial charge in [0.15, 0.2) is 0 Å². The highest BCUT2D eigenvalue weighted by Gasteiger charge is 2.14.